The van der Waals surface area contributed by atoms with E-state index in [1.165, 1.54) is 0 Å². The van der Waals surface area contributed by atoms with Gasteiger partial charge in [0.1, 0.15) is 6.61 Å². The number of nitrogens with zero attached hydrogens (tertiary/aromatic N) is 2. The highest BCUT2D eigenvalue weighted by molar-refractivity contribution is 7.99. The zero-order valence-electron chi connectivity index (χ0n) is 10.8. The molecule has 0 aromatic carbocycles. The number of aryl methyl sites for hydroxylation is 2. The van der Waals surface area contributed by atoms with Crippen molar-refractivity contribution in [1.82, 2.24) is 9.88 Å². The summed E-state index contributed by atoms with van der Waals surface area (Å²) in [4.78, 5) is 17.9. The molecule has 0 saturated carbocycles. The lowest BCUT2D eigenvalue weighted by Gasteiger charge is -2.25. The number of carbonyl (C=O) groups excluding carboxylic acids is 1. The minimum absolute atomic E-state index is 0.206. The third-order valence-corrected chi connectivity index (χ3v) is 3.72. The molecule has 1 aliphatic heterocycles. The Kier molecular flexibility index (Phi) is 4.47. The standard InChI is InChI=1S/C13H18N2O2S/c1-10-7-12(8-11(2)14-10)9-17-13(16)15-3-5-18-6-4-15/h7-8H,3-6,9H2,1-2H3. The zero-order valence-corrected chi connectivity index (χ0v) is 11.6. The molecule has 1 aliphatic rings. The van der Waals surface area contributed by atoms with Crippen LogP contribution in [0.25, 0.3) is 0 Å². The molecular formula is C13H18N2O2S. The normalized spacial score (nSPS) is 15.6. The first-order valence-electron chi connectivity index (χ1n) is 6.09. The van der Waals surface area contributed by atoms with E-state index in [0.29, 0.717) is 6.61 Å². The van der Waals surface area contributed by atoms with Gasteiger partial charge in [0.25, 0.3) is 0 Å². The number of pyridine rings is 1. The van der Waals surface area contributed by atoms with Crippen molar-refractivity contribution in [3.63, 3.8) is 0 Å². The third kappa shape index (κ3) is 3.63. The monoisotopic (exact) mass is 266 g/mol. The van der Waals surface area contributed by atoms with Gasteiger partial charge in [-0.25, -0.2) is 4.79 Å². The number of rotatable bonds is 2. The molecule has 0 N–H and O–H groups in total. The fourth-order valence-electron chi connectivity index (χ4n) is 1.99. The van der Waals surface area contributed by atoms with Crippen LogP contribution in [0.5, 0.6) is 0 Å². The van der Waals surface area contributed by atoms with Crippen LogP contribution in [0.3, 0.4) is 0 Å². The maximum absolute atomic E-state index is 11.8. The van der Waals surface area contributed by atoms with Crippen molar-refractivity contribution in [3.8, 4) is 0 Å². The van der Waals surface area contributed by atoms with Crippen LogP contribution in [0.15, 0.2) is 12.1 Å². The number of thioether (sulfide) groups is 1. The lowest BCUT2D eigenvalue weighted by molar-refractivity contribution is 0.0997. The highest BCUT2D eigenvalue weighted by atomic mass is 32.2. The summed E-state index contributed by atoms with van der Waals surface area (Å²) in [5.74, 6) is 2.01. The van der Waals surface area contributed by atoms with Crippen molar-refractivity contribution in [2.45, 2.75) is 20.5 Å². The second kappa shape index (κ2) is 6.09. The zero-order chi connectivity index (χ0) is 13.0. The Labute approximate surface area is 112 Å². The Morgan fingerprint density at radius 1 is 1.33 bits per heavy atom. The Morgan fingerprint density at radius 2 is 1.94 bits per heavy atom. The number of aromatic nitrogens is 1. The molecule has 2 rings (SSSR count). The van der Waals surface area contributed by atoms with E-state index in [1.54, 1.807) is 4.90 Å². The van der Waals surface area contributed by atoms with Crippen LogP contribution in [0.2, 0.25) is 0 Å². The van der Waals surface area contributed by atoms with E-state index in [2.05, 4.69) is 4.98 Å². The largest absolute Gasteiger partial charge is 0.445 e. The molecule has 0 radical (unpaired) electrons. The average Bonchev–Trinajstić information content (AvgIpc) is 2.36. The van der Waals surface area contributed by atoms with Gasteiger partial charge in [-0.15, -0.1) is 0 Å². The van der Waals surface area contributed by atoms with E-state index in [1.807, 2.05) is 37.7 Å². The molecule has 5 heteroatoms. The van der Waals surface area contributed by atoms with Crippen LogP contribution < -0.4 is 0 Å². The molecule has 98 valence electrons. The second-order valence-electron chi connectivity index (χ2n) is 4.41. The van der Waals surface area contributed by atoms with Crippen LogP contribution in [-0.2, 0) is 11.3 Å². The molecular weight excluding hydrogens is 248 g/mol. The van der Waals surface area contributed by atoms with Crippen LogP contribution in [0.1, 0.15) is 17.0 Å². The summed E-state index contributed by atoms with van der Waals surface area (Å²) in [6, 6.07) is 3.90. The molecule has 0 bridgehead atoms. The molecule has 0 spiro atoms. The summed E-state index contributed by atoms with van der Waals surface area (Å²) in [7, 11) is 0. The molecule has 18 heavy (non-hydrogen) atoms. The van der Waals surface area contributed by atoms with Crippen LogP contribution in [0, 0.1) is 13.8 Å². The van der Waals surface area contributed by atoms with E-state index in [4.69, 9.17) is 4.74 Å². The van der Waals surface area contributed by atoms with E-state index >= 15 is 0 Å². The number of ether oxygens (including phenoxy) is 1. The first-order chi connectivity index (χ1) is 8.65. The van der Waals surface area contributed by atoms with Crippen LogP contribution in [0.4, 0.5) is 4.79 Å². The molecule has 0 unspecified atom stereocenters. The van der Waals surface area contributed by atoms with Gasteiger partial charge in [0.05, 0.1) is 0 Å². The molecule has 4 nitrogen and oxygen atoms in total. The SMILES string of the molecule is Cc1cc(COC(=O)N2CCSCC2)cc(C)n1. The first kappa shape index (κ1) is 13.2. The van der Waals surface area contributed by atoms with Gasteiger partial charge >= 0.3 is 6.09 Å². The first-order valence-corrected chi connectivity index (χ1v) is 7.24. The summed E-state index contributed by atoms with van der Waals surface area (Å²) in [5.41, 5.74) is 2.91. The number of carbonyl (C=O) groups is 1. The van der Waals surface area contributed by atoms with Crippen molar-refractivity contribution < 1.29 is 9.53 Å². The van der Waals surface area contributed by atoms with Gasteiger partial charge in [0, 0.05) is 36.0 Å². The Bertz CT molecular complexity index is 411. The molecule has 1 fully saturated rings. The predicted octanol–water partition coefficient (Wildman–Crippen LogP) is 2.38. The van der Waals surface area contributed by atoms with Gasteiger partial charge in [-0.3, -0.25) is 4.98 Å². The summed E-state index contributed by atoms with van der Waals surface area (Å²) >= 11 is 1.88. The van der Waals surface area contributed by atoms with E-state index < -0.39 is 0 Å². The molecule has 0 aliphatic carbocycles. The maximum Gasteiger partial charge on any atom is 0.410 e. The lowest BCUT2D eigenvalue weighted by atomic mass is 10.2. The van der Waals surface area contributed by atoms with Crippen LogP contribution >= 0.6 is 11.8 Å². The summed E-state index contributed by atoms with van der Waals surface area (Å²) in [5, 5.41) is 0. The number of amides is 1. The van der Waals surface area contributed by atoms with Crippen molar-refractivity contribution in [2.24, 2.45) is 0 Å². The summed E-state index contributed by atoms with van der Waals surface area (Å²) < 4.78 is 5.33. The van der Waals surface area contributed by atoms with Gasteiger partial charge < -0.3 is 9.64 Å². The van der Waals surface area contributed by atoms with E-state index in [-0.39, 0.29) is 6.09 Å². The molecule has 1 aromatic heterocycles. The second-order valence-corrected chi connectivity index (χ2v) is 5.64. The summed E-state index contributed by atoms with van der Waals surface area (Å²) in [6.07, 6.45) is -0.206. The highest BCUT2D eigenvalue weighted by Crippen LogP contribution is 2.12. The minimum Gasteiger partial charge on any atom is -0.445 e. The fraction of sp³-hybridized carbons (Fsp3) is 0.538. The Hall–Kier alpha value is -1.23. The van der Waals surface area contributed by atoms with Gasteiger partial charge in [0.2, 0.25) is 0 Å². The van der Waals surface area contributed by atoms with Crippen molar-refractivity contribution in [1.29, 1.82) is 0 Å². The van der Waals surface area contributed by atoms with Crippen molar-refractivity contribution in [3.05, 3.63) is 29.1 Å². The van der Waals surface area contributed by atoms with Crippen molar-refractivity contribution >= 4 is 17.9 Å². The van der Waals surface area contributed by atoms with Gasteiger partial charge in [-0.2, -0.15) is 11.8 Å². The lowest BCUT2D eigenvalue weighted by Crippen LogP contribution is -2.38. The Balaban J connectivity index is 1.88. The summed E-state index contributed by atoms with van der Waals surface area (Å²) in [6.45, 7) is 5.79. The molecule has 2 heterocycles. The van der Waals surface area contributed by atoms with Gasteiger partial charge in [-0.05, 0) is 31.5 Å². The smallest absolute Gasteiger partial charge is 0.410 e. The number of hydrogen-bond acceptors (Lipinski definition) is 4. The van der Waals surface area contributed by atoms with E-state index in [0.717, 1.165) is 41.5 Å². The molecule has 1 saturated heterocycles. The maximum atomic E-state index is 11.8. The van der Waals surface area contributed by atoms with Crippen molar-refractivity contribution in [2.75, 3.05) is 24.6 Å². The third-order valence-electron chi connectivity index (χ3n) is 2.77. The number of hydrogen-bond donors (Lipinski definition) is 0. The quantitative estimate of drug-likeness (QED) is 0.824. The molecule has 1 aromatic rings. The average molecular weight is 266 g/mol. The molecule has 1 amide bonds. The van der Waals surface area contributed by atoms with E-state index in [9.17, 15) is 4.79 Å². The Morgan fingerprint density at radius 3 is 2.56 bits per heavy atom. The highest BCUT2D eigenvalue weighted by Gasteiger charge is 2.17. The fourth-order valence-corrected chi connectivity index (χ4v) is 2.89. The minimum atomic E-state index is -0.206. The topological polar surface area (TPSA) is 42.4 Å². The van der Waals surface area contributed by atoms with Gasteiger partial charge in [0.15, 0.2) is 0 Å². The predicted molar refractivity (Wildman–Crippen MR) is 72.8 cm³/mol. The van der Waals surface area contributed by atoms with Crippen LogP contribution in [-0.4, -0.2) is 40.6 Å². The molecule has 0 atom stereocenters. The van der Waals surface area contributed by atoms with Gasteiger partial charge in [-0.1, -0.05) is 0 Å².